The molecule has 0 unspecified atom stereocenters. The zero-order valence-electron chi connectivity index (χ0n) is 9.64. The lowest BCUT2D eigenvalue weighted by Gasteiger charge is -2.03. The number of nitrogens with zero attached hydrogens (tertiary/aromatic N) is 3. The molecular weight excluding hydrogens is 218 g/mol. The Kier molecular flexibility index (Phi) is 3.04. The van der Waals surface area contributed by atoms with Gasteiger partial charge in [-0.2, -0.15) is 5.10 Å². The number of fused-ring (bicyclic) bond motifs is 1. The van der Waals surface area contributed by atoms with E-state index in [0.29, 0.717) is 5.56 Å². The van der Waals surface area contributed by atoms with Crippen LogP contribution in [0.4, 0.5) is 0 Å². The van der Waals surface area contributed by atoms with Crippen molar-refractivity contribution in [1.29, 1.82) is 0 Å². The summed E-state index contributed by atoms with van der Waals surface area (Å²) in [7, 11) is 3.65. The highest BCUT2D eigenvalue weighted by Crippen LogP contribution is 2.11. The molecule has 1 aromatic heterocycles. The van der Waals surface area contributed by atoms with Crippen LogP contribution in [0.5, 0.6) is 0 Å². The highest BCUT2D eigenvalue weighted by molar-refractivity contribution is 5.97. The first-order valence-electron chi connectivity index (χ1n) is 5.10. The van der Waals surface area contributed by atoms with Crippen molar-refractivity contribution < 1.29 is 4.79 Å². The predicted octanol–water partition coefficient (Wildman–Crippen LogP) is 0.798. The highest BCUT2D eigenvalue weighted by atomic mass is 16.2. The van der Waals surface area contributed by atoms with Crippen LogP contribution in [0.15, 0.2) is 29.6 Å². The molecule has 0 atom stereocenters. The molecule has 0 fully saturated rings. The zero-order valence-corrected chi connectivity index (χ0v) is 9.64. The average Bonchev–Trinajstić information content (AvgIpc) is 2.75. The fourth-order valence-corrected chi connectivity index (χ4v) is 1.34. The predicted molar refractivity (Wildman–Crippen MR) is 65.7 cm³/mol. The Morgan fingerprint density at radius 2 is 2.35 bits per heavy atom. The molecule has 6 heteroatoms. The molecule has 88 valence electrons. The standard InChI is InChI=1S/C11H13N5O/c1-16(2)7-14-15-11(17)8-3-4-9-10(5-8)13-6-12-9/h3-7H,1-2H3,(H,12,13)(H,15,17)/b14-7-. The van der Waals surface area contributed by atoms with Gasteiger partial charge >= 0.3 is 0 Å². The summed E-state index contributed by atoms with van der Waals surface area (Å²) in [6.07, 6.45) is 3.11. The fraction of sp³-hybridized carbons (Fsp3) is 0.182. The number of amides is 1. The third kappa shape index (κ3) is 2.60. The average molecular weight is 231 g/mol. The molecule has 17 heavy (non-hydrogen) atoms. The Balaban J connectivity index is 2.13. The number of rotatable bonds is 3. The van der Waals surface area contributed by atoms with Gasteiger partial charge in [0.25, 0.3) is 5.91 Å². The van der Waals surface area contributed by atoms with Crippen molar-refractivity contribution >= 4 is 23.3 Å². The second-order valence-electron chi connectivity index (χ2n) is 3.78. The van der Waals surface area contributed by atoms with Gasteiger partial charge in [0.2, 0.25) is 0 Å². The third-order valence-electron chi connectivity index (χ3n) is 2.14. The fourth-order valence-electron chi connectivity index (χ4n) is 1.34. The second-order valence-corrected chi connectivity index (χ2v) is 3.78. The number of nitrogens with one attached hydrogen (secondary N) is 2. The van der Waals surface area contributed by atoms with E-state index in [4.69, 9.17) is 0 Å². The Morgan fingerprint density at radius 3 is 3.12 bits per heavy atom. The van der Waals surface area contributed by atoms with Crippen molar-refractivity contribution in [2.75, 3.05) is 14.1 Å². The van der Waals surface area contributed by atoms with Gasteiger partial charge in [-0.3, -0.25) is 4.79 Å². The molecule has 0 aliphatic carbocycles. The number of hydrogen-bond donors (Lipinski definition) is 2. The lowest BCUT2D eigenvalue weighted by Crippen LogP contribution is -2.20. The maximum atomic E-state index is 11.7. The summed E-state index contributed by atoms with van der Waals surface area (Å²) in [5.74, 6) is -0.250. The van der Waals surface area contributed by atoms with Crippen LogP contribution >= 0.6 is 0 Å². The first-order chi connectivity index (χ1) is 8.16. The number of carbonyl (C=O) groups is 1. The number of carbonyl (C=O) groups excluding carboxylic acids is 1. The molecular formula is C11H13N5O. The van der Waals surface area contributed by atoms with Crippen LogP contribution in [0.25, 0.3) is 11.0 Å². The van der Waals surface area contributed by atoms with E-state index in [-0.39, 0.29) is 5.91 Å². The van der Waals surface area contributed by atoms with Gasteiger partial charge in [0.15, 0.2) is 0 Å². The summed E-state index contributed by atoms with van der Waals surface area (Å²) < 4.78 is 0. The van der Waals surface area contributed by atoms with Crippen molar-refractivity contribution in [3.63, 3.8) is 0 Å². The number of aromatic nitrogens is 2. The van der Waals surface area contributed by atoms with Crippen molar-refractivity contribution in [3.8, 4) is 0 Å². The number of hydrogen-bond acceptors (Lipinski definition) is 3. The van der Waals surface area contributed by atoms with E-state index in [1.165, 1.54) is 6.34 Å². The molecule has 2 N–H and O–H groups in total. The Morgan fingerprint density at radius 1 is 1.53 bits per heavy atom. The maximum absolute atomic E-state index is 11.7. The lowest BCUT2D eigenvalue weighted by molar-refractivity contribution is 0.0955. The molecule has 0 spiro atoms. The minimum atomic E-state index is -0.250. The summed E-state index contributed by atoms with van der Waals surface area (Å²) in [4.78, 5) is 20.5. The van der Waals surface area contributed by atoms with Gasteiger partial charge in [0, 0.05) is 19.7 Å². The number of hydrazone groups is 1. The second kappa shape index (κ2) is 4.65. The summed E-state index contributed by atoms with van der Waals surface area (Å²) >= 11 is 0. The van der Waals surface area contributed by atoms with Gasteiger partial charge in [0.1, 0.15) is 6.34 Å². The number of benzene rings is 1. The monoisotopic (exact) mass is 231 g/mol. The molecule has 2 aromatic rings. The Bertz CT molecular complexity index is 558. The smallest absolute Gasteiger partial charge is 0.271 e. The first-order valence-corrected chi connectivity index (χ1v) is 5.10. The minimum absolute atomic E-state index is 0.250. The van der Waals surface area contributed by atoms with Gasteiger partial charge in [-0.1, -0.05) is 0 Å². The third-order valence-corrected chi connectivity index (χ3v) is 2.14. The molecule has 0 radical (unpaired) electrons. The highest BCUT2D eigenvalue weighted by Gasteiger charge is 2.05. The van der Waals surface area contributed by atoms with E-state index in [0.717, 1.165) is 11.0 Å². The largest absolute Gasteiger partial charge is 0.367 e. The molecule has 0 aliphatic heterocycles. The number of H-pyrrole nitrogens is 1. The van der Waals surface area contributed by atoms with Crippen molar-refractivity contribution in [2.45, 2.75) is 0 Å². The molecule has 0 saturated heterocycles. The molecule has 0 aliphatic rings. The van der Waals surface area contributed by atoms with Crippen LogP contribution in [0.2, 0.25) is 0 Å². The van der Waals surface area contributed by atoms with Gasteiger partial charge in [-0.05, 0) is 18.2 Å². The summed E-state index contributed by atoms with van der Waals surface area (Å²) in [5, 5.41) is 3.79. The van der Waals surface area contributed by atoms with Crippen LogP contribution in [-0.4, -0.2) is 41.2 Å². The summed E-state index contributed by atoms with van der Waals surface area (Å²) in [5.41, 5.74) is 4.64. The van der Waals surface area contributed by atoms with E-state index >= 15 is 0 Å². The van der Waals surface area contributed by atoms with Gasteiger partial charge in [-0.25, -0.2) is 10.4 Å². The minimum Gasteiger partial charge on any atom is -0.367 e. The normalized spacial score (nSPS) is 10.9. The van der Waals surface area contributed by atoms with Gasteiger partial charge < -0.3 is 9.88 Å². The quantitative estimate of drug-likeness (QED) is 0.466. The zero-order chi connectivity index (χ0) is 12.3. The molecule has 1 heterocycles. The topological polar surface area (TPSA) is 73.4 Å². The van der Waals surface area contributed by atoms with E-state index in [2.05, 4.69) is 20.5 Å². The van der Waals surface area contributed by atoms with Crippen LogP contribution < -0.4 is 5.43 Å². The van der Waals surface area contributed by atoms with Crippen molar-refractivity contribution in [2.24, 2.45) is 5.10 Å². The van der Waals surface area contributed by atoms with Gasteiger partial charge in [-0.15, -0.1) is 0 Å². The molecule has 0 saturated carbocycles. The SMILES string of the molecule is CN(C)/C=N\NC(=O)c1ccc2nc[nH]c2c1. The van der Waals surface area contributed by atoms with E-state index in [1.807, 2.05) is 14.1 Å². The molecule has 2 rings (SSSR count). The van der Waals surface area contributed by atoms with E-state index < -0.39 is 0 Å². The van der Waals surface area contributed by atoms with Crippen LogP contribution in [0.3, 0.4) is 0 Å². The number of aromatic amines is 1. The summed E-state index contributed by atoms with van der Waals surface area (Å²) in [6, 6.07) is 5.24. The van der Waals surface area contributed by atoms with Gasteiger partial charge in [0.05, 0.1) is 17.4 Å². The maximum Gasteiger partial charge on any atom is 0.271 e. The lowest BCUT2D eigenvalue weighted by atomic mass is 10.2. The number of imidazole rings is 1. The van der Waals surface area contributed by atoms with E-state index in [1.54, 1.807) is 29.4 Å². The summed E-state index contributed by atoms with van der Waals surface area (Å²) in [6.45, 7) is 0. The van der Waals surface area contributed by atoms with E-state index in [9.17, 15) is 4.79 Å². The molecule has 6 nitrogen and oxygen atoms in total. The Labute approximate surface area is 98.3 Å². The molecule has 1 aromatic carbocycles. The van der Waals surface area contributed by atoms with Crippen molar-refractivity contribution in [3.05, 3.63) is 30.1 Å². The molecule has 1 amide bonds. The van der Waals surface area contributed by atoms with Crippen molar-refractivity contribution in [1.82, 2.24) is 20.3 Å². The Hall–Kier alpha value is -2.37. The van der Waals surface area contributed by atoms with Crippen LogP contribution in [0, 0.1) is 0 Å². The van der Waals surface area contributed by atoms with Crippen LogP contribution in [0.1, 0.15) is 10.4 Å². The first kappa shape index (κ1) is 11.1. The van der Waals surface area contributed by atoms with Crippen LogP contribution in [-0.2, 0) is 0 Å². The molecule has 0 bridgehead atoms.